The summed E-state index contributed by atoms with van der Waals surface area (Å²) in [4.78, 5) is 23.7. The Balaban J connectivity index is 2.10. The quantitative estimate of drug-likeness (QED) is 0.784. The van der Waals surface area contributed by atoms with Crippen LogP contribution < -0.4 is 10.6 Å². The van der Waals surface area contributed by atoms with E-state index in [1.54, 1.807) is 35.7 Å². The highest BCUT2D eigenvalue weighted by atomic mass is 35.5. The van der Waals surface area contributed by atoms with Crippen LogP contribution in [0.3, 0.4) is 0 Å². The molecule has 0 radical (unpaired) electrons. The van der Waals surface area contributed by atoms with E-state index in [-0.39, 0.29) is 5.02 Å². The second kappa shape index (κ2) is 6.80. The van der Waals surface area contributed by atoms with Crippen molar-refractivity contribution < 1.29 is 14.7 Å². The van der Waals surface area contributed by atoms with Crippen LogP contribution >= 0.6 is 34.5 Å². The van der Waals surface area contributed by atoms with Gasteiger partial charge >= 0.3 is 12.0 Å². The molecule has 1 unspecified atom stereocenters. The molecule has 2 aromatic rings. The summed E-state index contributed by atoms with van der Waals surface area (Å²) in [5.41, 5.74) is 0.303. The van der Waals surface area contributed by atoms with Gasteiger partial charge in [-0.3, -0.25) is 0 Å². The number of halogens is 2. The molecule has 0 saturated carbocycles. The van der Waals surface area contributed by atoms with Crippen molar-refractivity contribution in [3.8, 4) is 0 Å². The molecular weight excluding hydrogens is 335 g/mol. The van der Waals surface area contributed by atoms with Gasteiger partial charge in [0.25, 0.3) is 0 Å². The number of carbonyl (C=O) groups is 2. The first kappa shape index (κ1) is 15.6. The molecule has 0 saturated heterocycles. The minimum atomic E-state index is -1.15. The topological polar surface area (TPSA) is 78.4 Å². The number of hydrogen-bond donors (Lipinski definition) is 3. The van der Waals surface area contributed by atoms with E-state index in [1.165, 1.54) is 11.3 Å². The summed E-state index contributed by atoms with van der Waals surface area (Å²) in [6, 6.07) is 6.31. The molecule has 1 atom stereocenters. The highest BCUT2D eigenvalue weighted by Gasteiger charge is 2.23. The summed E-state index contributed by atoms with van der Waals surface area (Å²) >= 11 is 13.0. The van der Waals surface area contributed by atoms with E-state index < -0.39 is 18.0 Å². The molecule has 0 spiro atoms. The van der Waals surface area contributed by atoms with Crippen LogP contribution in [0.5, 0.6) is 0 Å². The fourth-order valence-corrected chi connectivity index (χ4v) is 2.71. The maximum Gasteiger partial charge on any atom is 0.331 e. The minimum absolute atomic E-state index is 0.192. The van der Waals surface area contributed by atoms with Crippen LogP contribution in [0, 0.1) is 0 Å². The summed E-state index contributed by atoms with van der Waals surface area (Å²) in [5.74, 6) is -1.15. The zero-order chi connectivity index (χ0) is 15.4. The fourth-order valence-electron chi connectivity index (χ4n) is 1.60. The predicted molar refractivity (Wildman–Crippen MR) is 83.3 cm³/mol. The second-order valence-electron chi connectivity index (χ2n) is 3.99. The van der Waals surface area contributed by atoms with Crippen LogP contribution in [-0.2, 0) is 4.79 Å². The first-order valence-electron chi connectivity index (χ1n) is 5.77. The zero-order valence-corrected chi connectivity index (χ0v) is 12.8. The van der Waals surface area contributed by atoms with Crippen molar-refractivity contribution in [1.29, 1.82) is 0 Å². The lowest BCUT2D eigenvalue weighted by Crippen LogP contribution is -2.36. The number of nitrogens with one attached hydrogen (secondary N) is 2. The molecule has 0 fully saturated rings. The molecule has 21 heavy (non-hydrogen) atoms. The molecular formula is C13H10Cl2N2O3S. The van der Waals surface area contributed by atoms with Crippen LogP contribution in [0.2, 0.25) is 10.0 Å². The number of aliphatic carboxylic acids is 1. The smallest absolute Gasteiger partial charge is 0.331 e. The maximum atomic E-state index is 11.9. The Morgan fingerprint density at radius 3 is 2.57 bits per heavy atom. The third-order valence-corrected chi connectivity index (χ3v) is 4.31. The van der Waals surface area contributed by atoms with Gasteiger partial charge in [0.2, 0.25) is 0 Å². The molecule has 1 aromatic carbocycles. The minimum Gasteiger partial charge on any atom is -0.479 e. The molecule has 3 N–H and O–H groups in total. The van der Waals surface area contributed by atoms with E-state index in [2.05, 4.69) is 10.6 Å². The fraction of sp³-hybridized carbons (Fsp3) is 0.0769. The van der Waals surface area contributed by atoms with Gasteiger partial charge in [0.05, 0.1) is 15.7 Å². The van der Waals surface area contributed by atoms with Gasteiger partial charge in [-0.1, -0.05) is 35.3 Å². The second-order valence-corrected chi connectivity index (χ2v) is 5.75. The number of amides is 2. The molecule has 8 heteroatoms. The lowest BCUT2D eigenvalue weighted by atomic mass is 10.2. The molecule has 0 aliphatic rings. The van der Waals surface area contributed by atoms with Crippen molar-refractivity contribution >= 4 is 52.2 Å². The monoisotopic (exact) mass is 344 g/mol. The normalized spacial score (nSPS) is 11.7. The Bertz CT molecular complexity index is 661. The molecule has 0 aliphatic heterocycles. The molecule has 1 aromatic heterocycles. The Kier molecular flexibility index (Phi) is 5.06. The number of carboxylic acids is 1. The number of carbonyl (C=O) groups excluding carboxylic acids is 1. The molecule has 110 valence electrons. The number of hydrogen-bond acceptors (Lipinski definition) is 3. The highest BCUT2D eigenvalue weighted by molar-refractivity contribution is 7.10. The van der Waals surface area contributed by atoms with Crippen molar-refractivity contribution in [3.05, 3.63) is 50.6 Å². The Hall–Kier alpha value is -1.76. The number of benzene rings is 1. The van der Waals surface area contributed by atoms with Gasteiger partial charge in [-0.15, -0.1) is 11.3 Å². The van der Waals surface area contributed by atoms with Crippen LogP contribution in [0.15, 0.2) is 35.7 Å². The lowest BCUT2D eigenvalue weighted by molar-refractivity contribution is -0.139. The molecule has 1 heterocycles. The van der Waals surface area contributed by atoms with Crippen molar-refractivity contribution in [1.82, 2.24) is 5.32 Å². The molecule has 2 rings (SSSR count). The number of thiophene rings is 1. The molecule has 2 amide bonds. The van der Waals surface area contributed by atoms with Crippen molar-refractivity contribution in [2.24, 2.45) is 0 Å². The summed E-state index contributed by atoms with van der Waals surface area (Å²) < 4.78 is 0. The van der Waals surface area contributed by atoms with Gasteiger partial charge in [-0.2, -0.15) is 0 Å². The van der Waals surface area contributed by atoms with E-state index in [4.69, 9.17) is 23.2 Å². The van der Waals surface area contributed by atoms with E-state index in [1.807, 2.05) is 0 Å². The Morgan fingerprint density at radius 2 is 1.95 bits per heavy atom. The zero-order valence-electron chi connectivity index (χ0n) is 10.5. The van der Waals surface area contributed by atoms with Crippen LogP contribution in [0.1, 0.15) is 10.9 Å². The average molecular weight is 345 g/mol. The Labute approximate surface area is 134 Å². The van der Waals surface area contributed by atoms with Crippen molar-refractivity contribution in [2.75, 3.05) is 5.32 Å². The third kappa shape index (κ3) is 3.87. The summed E-state index contributed by atoms with van der Waals surface area (Å²) in [6.07, 6.45) is 0. The summed E-state index contributed by atoms with van der Waals surface area (Å²) in [5, 5.41) is 16.2. The standard InChI is InChI=1S/C13H10Cl2N2O3S/c14-7-3-1-4-8(10(7)15)16-13(20)17-11(12(18)19)9-5-2-6-21-9/h1-6,11H,(H,18,19)(H2,16,17,20). The maximum absolute atomic E-state index is 11.9. The summed E-state index contributed by atoms with van der Waals surface area (Å²) in [7, 11) is 0. The van der Waals surface area contributed by atoms with Crippen molar-refractivity contribution in [3.63, 3.8) is 0 Å². The van der Waals surface area contributed by atoms with Gasteiger partial charge in [-0.25, -0.2) is 9.59 Å². The molecule has 0 aliphatic carbocycles. The summed E-state index contributed by atoms with van der Waals surface area (Å²) in [6.45, 7) is 0. The first-order valence-corrected chi connectivity index (χ1v) is 7.40. The number of urea groups is 1. The van der Waals surface area contributed by atoms with Crippen molar-refractivity contribution in [2.45, 2.75) is 6.04 Å². The highest BCUT2D eigenvalue weighted by Crippen LogP contribution is 2.29. The van der Waals surface area contributed by atoms with Crippen LogP contribution in [-0.4, -0.2) is 17.1 Å². The van der Waals surface area contributed by atoms with Crippen LogP contribution in [0.4, 0.5) is 10.5 Å². The van der Waals surface area contributed by atoms with E-state index >= 15 is 0 Å². The third-order valence-electron chi connectivity index (χ3n) is 2.55. The molecule has 5 nitrogen and oxygen atoms in total. The number of anilines is 1. The molecule has 0 bridgehead atoms. The van der Waals surface area contributed by atoms with Gasteiger partial charge in [-0.05, 0) is 23.6 Å². The van der Waals surface area contributed by atoms with E-state index in [0.717, 1.165) is 0 Å². The van der Waals surface area contributed by atoms with Gasteiger partial charge in [0.15, 0.2) is 6.04 Å². The lowest BCUT2D eigenvalue weighted by Gasteiger charge is -2.14. The number of rotatable bonds is 4. The number of carboxylic acid groups (broad SMARTS) is 1. The van der Waals surface area contributed by atoms with Crippen LogP contribution in [0.25, 0.3) is 0 Å². The Morgan fingerprint density at radius 1 is 1.19 bits per heavy atom. The predicted octanol–water partition coefficient (Wildman–Crippen LogP) is 4.00. The average Bonchev–Trinajstić information content (AvgIpc) is 2.95. The van der Waals surface area contributed by atoms with Gasteiger partial charge in [0, 0.05) is 4.88 Å². The van der Waals surface area contributed by atoms with Gasteiger partial charge < -0.3 is 15.7 Å². The first-order chi connectivity index (χ1) is 9.99. The largest absolute Gasteiger partial charge is 0.479 e. The van der Waals surface area contributed by atoms with E-state index in [9.17, 15) is 14.7 Å². The van der Waals surface area contributed by atoms with E-state index in [0.29, 0.717) is 15.6 Å². The SMILES string of the molecule is O=C(Nc1cccc(Cl)c1Cl)NC(C(=O)O)c1cccs1. The van der Waals surface area contributed by atoms with Gasteiger partial charge in [0.1, 0.15) is 0 Å².